The molecule has 2 aliphatic carbocycles. The van der Waals surface area contributed by atoms with E-state index in [4.69, 9.17) is 0 Å². The summed E-state index contributed by atoms with van der Waals surface area (Å²) in [7, 11) is 0. The summed E-state index contributed by atoms with van der Waals surface area (Å²) in [5.74, 6) is 1.30. The first kappa shape index (κ1) is 16.6. The number of hydrogen-bond acceptors (Lipinski definition) is 1. The molecule has 0 saturated heterocycles. The van der Waals surface area contributed by atoms with Crippen molar-refractivity contribution >= 4 is 0 Å². The molecule has 0 aromatic carbocycles. The van der Waals surface area contributed by atoms with Gasteiger partial charge >= 0.3 is 0 Å². The van der Waals surface area contributed by atoms with Gasteiger partial charge < -0.3 is 0 Å². The van der Waals surface area contributed by atoms with E-state index >= 15 is 0 Å². The molecule has 0 aromatic rings. The fourth-order valence-electron chi connectivity index (χ4n) is 4.35. The molecule has 0 spiro atoms. The van der Waals surface area contributed by atoms with Crippen LogP contribution in [0.25, 0.3) is 0 Å². The molecule has 2 rings (SSSR count). The number of hydrogen-bond donors (Lipinski definition) is 0. The number of allylic oxidation sites excluding steroid dienone is 2. The molecule has 1 fully saturated rings. The monoisotopic (exact) mass is 287 g/mol. The smallest absolute Gasteiger partial charge is 0.0696 e. The highest BCUT2D eigenvalue weighted by molar-refractivity contribution is 5.21. The van der Waals surface area contributed by atoms with E-state index < -0.39 is 0 Å². The Kier molecular flexibility index (Phi) is 6.81. The zero-order valence-corrected chi connectivity index (χ0v) is 13.9. The van der Waals surface area contributed by atoms with Gasteiger partial charge in [-0.25, -0.2) is 0 Å². The second kappa shape index (κ2) is 8.62. The highest BCUT2D eigenvalue weighted by atomic mass is 14.5. The van der Waals surface area contributed by atoms with Crippen LogP contribution in [0.1, 0.15) is 90.4 Å². The van der Waals surface area contributed by atoms with Gasteiger partial charge in [-0.05, 0) is 31.1 Å². The van der Waals surface area contributed by atoms with E-state index in [0.29, 0.717) is 5.92 Å². The third-order valence-electron chi connectivity index (χ3n) is 5.71. The van der Waals surface area contributed by atoms with Gasteiger partial charge in [0.15, 0.2) is 0 Å². The zero-order valence-electron chi connectivity index (χ0n) is 13.9. The molecule has 0 aliphatic heterocycles. The molecule has 2 aliphatic rings. The quantitative estimate of drug-likeness (QED) is 0.318. The number of rotatable bonds is 11. The van der Waals surface area contributed by atoms with Crippen LogP contribution >= 0.6 is 0 Å². The molecule has 3 atom stereocenters. The Balaban J connectivity index is 1.49. The Hall–Kier alpha value is -0.770. The number of unbranched alkanes of at least 4 members (excludes halogenated alkanes) is 9. The van der Waals surface area contributed by atoms with Crippen LogP contribution < -0.4 is 0 Å². The molecule has 0 aromatic heterocycles. The first-order valence-electron chi connectivity index (χ1n) is 9.40. The highest BCUT2D eigenvalue weighted by Crippen LogP contribution is 2.54. The van der Waals surface area contributed by atoms with Crippen molar-refractivity contribution in [2.75, 3.05) is 0 Å². The highest BCUT2D eigenvalue weighted by Gasteiger charge is 2.48. The summed E-state index contributed by atoms with van der Waals surface area (Å²) in [5.41, 5.74) is 0.0135. The van der Waals surface area contributed by atoms with Crippen LogP contribution in [0.2, 0.25) is 0 Å². The average molecular weight is 287 g/mol. The standard InChI is InChI=1S/C20H33N/c1-2-3-4-5-6-7-8-9-10-11-14-20(17-21)16-18-12-13-19(20)15-18/h12-13,18-19H,2-11,14-16H2,1H3/t18-,19-,20-/m0/s1. The Morgan fingerprint density at radius 1 is 0.952 bits per heavy atom. The van der Waals surface area contributed by atoms with E-state index in [1.165, 1.54) is 70.6 Å². The second-order valence-electron chi connectivity index (χ2n) is 7.39. The lowest BCUT2D eigenvalue weighted by atomic mass is 9.73. The molecule has 0 N–H and O–H groups in total. The van der Waals surface area contributed by atoms with Crippen LogP contribution in [0, 0.1) is 28.6 Å². The largest absolute Gasteiger partial charge is 0.198 e. The first-order chi connectivity index (χ1) is 10.3. The molecule has 1 nitrogen and oxygen atoms in total. The van der Waals surface area contributed by atoms with E-state index in [-0.39, 0.29) is 5.41 Å². The van der Waals surface area contributed by atoms with Crippen LogP contribution in [0.4, 0.5) is 0 Å². The van der Waals surface area contributed by atoms with Crippen molar-refractivity contribution in [3.63, 3.8) is 0 Å². The topological polar surface area (TPSA) is 23.8 Å². The van der Waals surface area contributed by atoms with Gasteiger partial charge in [0, 0.05) is 0 Å². The average Bonchev–Trinajstić information content (AvgIpc) is 3.10. The van der Waals surface area contributed by atoms with Crippen LogP contribution in [-0.4, -0.2) is 0 Å². The number of nitriles is 1. The maximum absolute atomic E-state index is 9.60. The van der Waals surface area contributed by atoms with E-state index in [0.717, 1.165) is 18.8 Å². The van der Waals surface area contributed by atoms with Gasteiger partial charge in [-0.1, -0.05) is 83.3 Å². The molecule has 0 radical (unpaired) electrons. The molecule has 118 valence electrons. The van der Waals surface area contributed by atoms with Gasteiger partial charge in [-0.15, -0.1) is 0 Å². The van der Waals surface area contributed by atoms with Crippen LogP contribution in [-0.2, 0) is 0 Å². The van der Waals surface area contributed by atoms with Crippen molar-refractivity contribution in [2.24, 2.45) is 17.3 Å². The summed E-state index contributed by atoms with van der Waals surface area (Å²) in [6, 6.07) is 2.69. The van der Waals surface area contributed by atoms with Crippen molar-refractivity contribution in [1.29, 1.82) is 5.26 Å². The van der Waals surface area contributed by atoms with Crippen molar-refractivity contribution in [1.82, 2.24) is 0 Å². The summed E-state index contributed by atoms with van der Waals surface area (Å²) >= 11 is 0. The van der Waals surface area contributed by atoms with Gasteiger partial charge in [0.1, 0.15) is 0 Å². The van der Waals surface area contributed by atoms with Crippen molar-refractivity contribution in [3.8, 4) is 6.07 Å². The first-order valence-corrected chi connectivity index (χ1v) is 9.40. The van der Waals surface area contributed by atoms with E-state index in [1.807, 2.05) is 0 Å². The molecule has 0 unspecified atom stereocenters. The minimum atomic E-state index is 0.0135. The minimum absolute atomic E-state index is 0.0135. The van der Waals surface area contributed by atoms with Crippen molar-refractivity contribution in [3.05, 3.63) is 12.2 Å². The summed E-state index contributed by atoms with van der Waals surface area (Å²) in [4.78, 5) is 0. The molecule has 0 heterocycles. The third kappa shape index (κ3) is 4.60. The van der Waals surface area contributed by atoms with Gasteiger partial charge in [0.2, 0.25) is 0 Å². The maximum Gasteiger partial charge on any atom is 0.0696 e. The molecular formula is C20H33N. The lowest BCUT2D eigenvalue weighted by Gasteiger charge is -2.28. The van der Waals surface area contributed by atoms with E-state index in [2.05, 4.69) is 25.1 Å². The third-order valence-corrected chi connectivity index (χ3v) is 5.71. The zero-order chi connectivity index (χ0) is 15.0. The van der Waals surface area contributed by atoms with Crippen molar-refractivity contribution in [2.45, 2.75) is 90.4 Å². The van der Waals surface area contributed by atoms with Crippen LogP contribution in [0.15, 0.2) is 12.2 Å². The Morgan fingerprint density at radius 2 is 1.57 bits per heavy atom. The lowest BCUT2D eigenvalue weighted by molar-refractivity contribution is 0.288. The SMILES string of the molecule is CCCCCCCCCCCC[C@@]1(C#N)C[C@H]2C=C[C@H]1C2. The normalized spacial score (nSPS) is 29.9. The molecule has 0 amide bonds. The van der Waals surface area contributed by atoms with Gasteiger partial charge in [0.05, 0.1) is 11.5 Å². The Bertz CT molecular complexity index is 365. The number of nitrogens with zero attached hydrogens (tertiary/aromatic N) is 1. The molecule has 1 heteroatoms. The maximum atomic E-state index is 9.60. The molecule has 1 saturated carbocycles. The van der Waals surface area contributed by atoms with Gasteiger partial charge in [0.25, 0.3) is 0 Å². The Labute approximate surface area is 131 Å². The van der Waals surface area contributed by atoms with Gasteiger partial charge in [-0.3, -0.25) is 0 Å². The molecule has 21 heavy (non-hydrogen) atoms. The molecular weight excluding hydrogens is 254 g/mol. The fraction of sp³-hybridized carbons (Fsp3) is 0.850. The van der Waals surface area contributed by atoms with Crippen LogP contribution in [0.3, 0.4) is 0 Å². The summed E-state index contributed by atoms with van der Waals surface area (Å²) in [6.07, 6.45) is 22.0. The van der Waals surface area contributed by atoms with E-state index in [9.17, 15) is 5.26 Å². The minimum Gasteiger partial charge on any atom is -0.198 e. The summed E-state index contributed by atoms with van der Waals surface area (Å²) in [5, 5.41) is 9.60. The summed E-state index contributed by atoms with van der Waals surface area (Å²) in [6.45, 7) is 2.28. The predicted molar refractivity (Wildman–Crippen MR) is 89.9 cm³/mol. The second-order valence-corrected chi connectivity index (χ2v) is 7.39. The van der Waals surface area contributed by atoms with Crippen molar-refractivity contribution < 1.29 is 0 Å². The number of fused-ring (bicyclic) bond motifs is 2. The van der Waals surface area contributed by atoms with E-state index in [1.54, 1.807) is 0 Å². The summed E-state index contributed by atoms with van der Waals surface area (Å²) < 4.78 is 0. The lowest BCUT2D eigenvalue weighted by Crippen LogP contribution is -2.23. The molecule has 2 bridgehead atoms. The predicted octanol–water partition coefficient (Wildman–Crippen LogP) is 6.40. The fourth-order valence-corrected chi connectivity index (χ4v) is 4.35. The van der Waals surface area contributed by atoms with Crippen LogP contribution in [0.5, 0.6) is 0 Å². The Morgan fingerprint density at radius 3 is 2.05 bits per heavy atom. The van der Waals surface area contributed by atoms with Gasteiger partial charge in [-0.2, -0.15) is 5.26 Å².